The number of halogens is 2. The minimum atomic E-state index is -0.881. The minimum absolute atomic E-state index is 0.154. The van der Waals surface area contributed by atoms with Crippen molar-refractivity contribution in [2.45, 2.75) is 19.6 Å². The van der Waals surface area contributed by atoms with Gasteiger partial charge in [-0.3, -0.25) is 4.79 Å². The summed E-state index contributed by atoms with van der Waals surface area (Å²) in [5.74, 6) is -2.06. The Morgan fingerprint density at radius 3 is 2.57 bits per heavy atom. The van der Waals surface area contributed by atoms with Gasteiger partial charge in [0.1, 0.15) is 5.82 Å². The van der Waals surface area contributed by atoms with Crippen LogP contribution in [0, 0.1) is 11.6 Å². The second kappa shape index (κ2) is 6.83. The Balaban J connectivity index is 1.90. The molecule has 1 atom stereocenters. The van der Waals surface area contributed by atoms with Crippen LogP contribution in [0.25, 0.3) is 0 Å². The fraction of sp³-hybridized carbons (Fsp3) is 0.188. The maximum atomic E-state index is 13.4. The lowest BCUT2D eigenvalue weighted by Crippen LogP contribution is -2.36. The summed E-state index contributed by atoms with van der Waals surface area (Å²) in [6.07, 6.45) is -0.881. The van der Waals surface area contributed by atoms with Crippen molar-refractivity contribution >= 4 is 5.91 Å². The Morgan fingerprint density at radius 2 is 1.90 bits per heavy atom. The Bertz CT molecular complexity index is 617. The van der Waals surface area contributed by atoms with Crippen LogP contribution >= 0.6 is 0 Å². The quantitative estimate of drug-likeness (QED) is 0.919. The fourth-order valence-corrected chi connectivity index (χ4v) is 1.74. The van der Waals surface area contributed by atoms with Crippen molar-refractivity contribution in [2.24, 2.45) is 0 Å². The number of carbonyl (C=O) groups excluding carboxylic acids is 1. The van der Waals surface area contributed by atoms with Gasteiger partial charge >= 0.3 is 0 Å². The highest BCUT2D eigenvalue weighted by atomic mass is 19.1. The van der Waals surface area contributed by atoms with Gasteiger partial charge in [0.05, 0.1) is 0 Å². The topological polar surface area (TPSA) is 38.3 Å². The third-order valence-corrected chi connectivity index (χ3v) is 2.88. The molecule has 2 rings (SSSR count). The largest absolute Gasteiger partial charge is 0.478 e. The summed E-state index contributed by atoms with van der Waals surface area (Å²) in [5, 5.41) is 2.69. The number of hydrogen-bond acceptors (Lipinski definition) is 2. The summed E-state index contributed by atoms with van der Waals surface area (Å²) < 4.78 is 31.4. The average Bonchev–Trinajstić information content (AvgIpc) is 2.48. The van der Waals surface area contributed by atoms with Crippen LogP contribution in [0.5, 0.6) is 5.75 Å². The average molecular weight is 291 g/mol. The molecule has 0 heterocycles. The number of ether oxygens (including phenoxy) is 1. The maximum Gasteiger partial charge on any atom is 0.261 e. The molecule has 0 aliphatic heterocycles. The van der Waals surface area contributed by atoms with Crippen molar-refractivity contribution in [3.63, 3.8) is 0 Å². The highest BCUT2D eigenvalue weighted by Gasteiger charge is 2.16. The van der Waals surface area contributed by atoms with Crippen LogP contribution in [0.4, 0.5) is 8.78 Å². The van der Waals surface area contributed by atoms with Crippen LogP contribution in [-0.4, -0.2) is 12.0 Å². The highest BCUT2D eigenvalue weighted by molar-refractivity contribution is 5.80. The van der Waals surface area contributed by atoms with E-state index in [1.807, 2.05) is 30.3 Å². The first kappa shape index (κ1) is 15.0. The minimum Gasteiger partial charge on any atom is -0.478 e. The van der Waals surface area contributed by atoms with E-state index in [1.165, 1.54) is 6.92 Å². The summed E-state index contributed by atoms with van der Waals surface area (Å²) in [6, 6.07) is 12.3. The number of benzene rings is 2. The Labute approximate surface area is 121 Å². The van der Waals surface area contributed by atoms with Crippen LogP contribution in [0.3, 0.4) is 0 Å². The fourth-order valence-electron chi connectivity index (χ4n) is 1.74. The third-order valence-electron chi connectivity index (χ3n) is 2.88. The third kappa shape index (κ3) is 4.27. The lowest BCUT2D eigenvalue weighted by Gasteiger charge is -2.15. The number of amides is 1. The second-order valence-electron chi connectivity index (χ2n) is 4.54. The van der Waals surface area contributed by atoms with E-state index in [9.17, 15) is 13.6 Å². The van der Waals surface area contributed by atoms with E-state index in [0.29, 0.717) is 12.6 Å². The molecule has 0 saturated carbocycles. The van der Waals surface area contributed by atoms with Gasteiger partial charge in [-0.25, -0.2) is 8.78 Å². The number of hydrogen-bond donors (Lipinski definition) is 1. The van der Waals surface area contributed by atoms with Crippen molar-refractivity contribution in [1.29, 1.82) is 0 Å². The van der Waals surface area contributed by atoms with E-state index in [1.54, 1.807) is 0 Å². The van der Waals surface area contributed by atoms with E-state index in [0.717, 1.165) is 17.7 Å². The molecule has 0 radical (unpaired) electrons. The number of nitrogens with one attached hydrogen (secondary N) is 1. The molecule has 0 fully saturated rings. The smallest absolute Gasteiger partial charge is 0.261 e. The van der Waals surface area contributed by atoms with E-state index in [2.05, 4.69) is 5.32 Å². The molecule has 1 amide bonds. The Morgan fingerprint density at radius 1 is 1.19 bits per heavy atom. The molecule has 0 aliphatic carbocycles. The van der Waals surface area contributed by atoms with Gasteiger partial charge in [0.25, 0.3) is 5.91 Å². The summed E-state index contributed by atoms with van der Waals surface area (Å²) in [5.41, 5.74) is 0.950. The van der Waals surface area contributed by atoms with Gasteiger partial charge in [0.15, 0.2) is 17.7 Å². The summed E-state index contributed by atoms with van der Waals surface area (Å²) >= 11 is 0. The van der Waals surface area contributed by atoms with Gasteiger partial charge < -0.3 is 10.1 Å². The first-order valence-electron chi connectivity index (χ1n) is 6.49. The van der Waals surface area contributed by atoms with Crippen molar-refractivity contribution in [3.05, 3.63) is 65.7 Å². The van der Waals surface area contributed by atoms with Crippen molar-refractivity contribution in [1.82, 2.24) is 5.32 Å². The van der Waals surface area contributed by atoms with E-state index in [4.69, 9.17) is 4.74 Å². The molecule has 21 heavy (non-hydrogen) atoms. The lowest BCUT2D eigenvalue weighted by molar-refractivity contribution is -0.127. The van der Waals surface area contributed by atoms with Crippen molar-refractivity contribution in [3.8, 4) is 5.75 Å². The molecule has 2 aromatic rings. The van der Waals surface area contributed by atoms with Gasteiger partial charge in [0.2, 0.25) is 0 Å². The SMILES string of the molecule is C[C@@H](Oc1ccc(F)cc1F)C(=O)NCc1ccccc1. The predicted octanol–water partition coefficient (Wildman–Crippen LogP) is 3.05. The number of carbonyl (C=O) groups is 1. The van der Waals surface area contributed by atoms with Gasteiger partial charge in [-0.2, -0.15) is 0 Å². The molecule has 0 spiro atoms. The number of rotatable bonds is 5. The molecular weight excluding hydrogens is 276 g/mol. The molecular formula is C16H15F2NO2. The van der Waals surface area contributed by atoms with Crippen molar-refractivity contribution < 1.29 is 18.3 Å². The summed E-state index contributed by atoms with van der Waals surface area (Å²) in [6.45, 7) is 1.86. The van der Waals surface area contributed by atoms with Gasteiger partial charge in [0, 0.05) is 12.6 Å². The zero-order valence-electron chi connectivity index (χ0n) is 11.5. The molecule has 5 heteroatoms. The monoisotopic (exact) mass is 291 g/mol. The molecule has 110 valence electrons. The maximum absolute atomic E-state index is 13.4. The van der Waals surface area contributed by atoms with Gasteiger partial charge in [-0.15, -0.1) is 0 Å². The van der Waals surface area contributed by atoms with Crippen LogP contribution in [0.1, 0.15) is 12.5 Å². The summed E-state index contributed by atoms with van der Waals surface area (Å²) in [4.78, 5) is 11.9. The molecule has 0 aliphatic rings. The zero-order valence-corrected chi connectivity index (χ0v) is 11.5. The van der Waals surface area contributed by atoms with E-state index < -0.39 is 17.7 Å². The zero-order chi connectivity index (χ0) is 15.2. The highest BCUT2D eigenvalue weighted by Crippen LogP contribution is 2.19. The molecule has 0 bridgehead atoms. The first-order valence-corrected chi connectivity index (χ1v) is 6.49. The predicted molar refractivity (Wildman–Crippen MR) is 74.7 cm³/mol. The van der Waals surface area contributed by atoms with Crippen LogP contribution < -0.4 is 10.1 Å². The molecule has 1 N–H and O–H groups in total. The summed E-state index contributed by atoms with van der Waals surface area (Å²) in [7, 11) is 0. The molecule has 0 unspecified atom stereocenters. The molecule has 0 saturated heterocycles. The van der Waals surface area contributed by atoms with Crippen LogP contribution in [-0.2, 0) is 11.3 Å². The van der Waals surface area contributed by atoms with Crippen molar-refractivity contribution in [2.75, 3.05) is 0 Å². The lowest BCUT2D eigenvalue weighted by atomic mass is 10.2. The first-order chi connectivity index (χ1) is 10.1. The van der Waals surface area contributed by atoms with Crippen LogP contribution in [0.2, 0.25) is 0 Å². The molecule has 2 aromatic carbocycles. The van der Waals surface area contributed by atoms with E-state index >= 15 is 0 Å². The Hall–Kier alpha value is -2.43. The normalized spacial score (nSPS) is 11.8. The second-order valence-corrected chi connectivity index (χ2v) is 4.54. The standard InChI is InChI=1S/C16H15F2NO2/c1-11(21-15-8-7-13(17)9-14(15)18)16(20)19-10-12-5-3-2-4-6-12/h2-9,11H,10H2,1H3,(H,19,20)/t11-/m1/s1. The van der Waals surface area contributed by atoms with Gasteiger partial charge in [-0.05, 0) is 24.6 Å². The van der Waals surface area contributed by atoms with Gasteiger partial charge in [-0.1, -0.05) is 30.3 Å². The van der Waals surface area contributed by atoms with E-state index in [-0.39, 0.29) is 11.7 Å². The van der Waals surface area contributed by atoms with Crippen LogP contribution in [0.15, 0.2) is 48.5 Å². The Kier molecular flexibility index (Phi) is 4.87. The molecule has 0 aromatic heterocycles. The molecule has 3 nitrogen and oxygen atoms in total.